The molecule has 0 N–H and O–H groups in total. The van der Waals surface area contributed by atoms with Crippen LogP contribution in [0.1, 0.15) is 15.9 Å². The zero-order chi connectivity index (χ0) is 16.4. The second-order valence-corrected chi connectivity index (χ2v) is 4.89. The van der Waals surface area contributed by atoms with E-state index in [4.69, 9.17) is 18.9 Å². The van der Waals surface area contributed by atoms with Gasteiger partial charge >= 0.3 is 0 Å². The second-order valence-electron chi connectivity index (χ2n) is 4.89. The van der Waals surface area contributed by atoms with Crippen molar-refractivity contribution >= 4 is 11.9 Å². The molecule has 0 aromatic heterocycles. The SMILES string of the molecule is COc1ccc(C=C2Oc3c(ccc(OC)c3OC)C2=O)cc1. The van der Waals surface area contributed by atoms with Gasteiger partial charge in [-0.05, 0) is 35.9 Å². The number of fused-ring (bicyclic) bond motifs is 1. The third-order valence-corrected chi connectivity index (χ3v) is 3.59. The molecule has 23 heavy (non-hydrogen) atoms. The summed E-state index contributed by atoms with van der Waals surface area (Å²) in [5.74, 6) is 2.13. The molecule has 0 radical (unpaired) electrons. The largest absolute Gasteiger partial charge is 0.497 e. The maximum absolute atomic E-state index is 12.5. The average molecular weight is 312 g/mol. The first-order valence-corrected chi connectivity index (χ1v) is 7.01. The van der Waals surface area contributed by atoms with Gasteiger partial charge in [0.2, 0.25) is 11.5 Å². The minimum absolute atomic E-state index is 0.184. The lowest BCUT2D eigenvalue weighted by Gasteiger charge is -2.10. The Bertz CT molecular complexity index is 775. The van der Waals surface area contributed by atoms with E-state index in [0.29, 0.717) is 22.8 Å². The molecule has 3 rings (SSSR count). The number of Topliss-reactive ketones (excluding diaryl/α,β-unsaturated/α-hetero) is 1. The van der Waals surface area contributed by atoms with Crippen molar-refractivity contribution in [3.8, 4) is 23.0 Å². The molecule has 2 aromatic carbocycles. The number of carbonyl (C=O) groups is 1. The van der Waals surface area contributed by atoms with Crippen LogP contribution in [0.4, 0.5) is 0 Å². The molecular formula is C18H16O5. The van der Waals surface area contributed by atoms with Gasteiger partial charge in [0.1, 0.15) is 5.75 Å². The van der Waals surface area contributed by atoms with Crippen molar-refractivity contribution in [3.05, 3.63) is 53.3 Å². The van der Waals surface area contributed by atoms with E-state index < -0.39 is 0 Å². The molecule has 1 heterocycles. The van der Waals surface area contributed by atoms with Gasteiger partial charge < -0.3 is 18.9 Å². The van der Waals surface area contributed by atoms with Crippen LogP contribution in [-0.4, -0.2) is 27.1 Å². The normalized spacial score (nSPS) is 14.4. The van der Waals surface area contributed by atoms with E-state index in [1.165, 1.54) is 14.2 Å². The molecule has 0 amide bonds. The first kappa shape index (κ1) is 15.0. The van der Waals surface area contributed by atoms with E-state index >= 15 is 0 Å². The summed E-state index contributed by atoms with van der Waals surface area (Å²) >= 11 is 0. The van der Waals surface area contributed by atoms with Gasteiger partial charge in [0.25, 0.3) is 0 Å². The standard InChI is InChI=1S/C18H16O5/c1-20-12-6-4-11(5-7-12)10-15-16(19)13-8-9-14(21-2)18(22-3)17(13)23-15/h4-10H,1-3H3. The minimum atomic E-state index is -0.184. The summed E-state index contributed by atoms with van der Waals surface area (Å²) in [4.78, 5) is 12.5. The molecule has 0 unspecified atom stereocenters. The predicted octanol–water partition coefficient (Wildman–Crippen LogP) is 3.33. The Morgan fingerprint density at radius 1 is 0.913 bits per heavy atom. The van der Waals surface area contributed by atoms with Crippen LogP contribution in [0.3, 0.4) is 0 Å². The van der Waals surface area contributed by atoms with Crippen LogP contribution < -0.4 is 18.9 Å². The van der Waals surface area contributed by atoms with Crippen LogP contribution in [0.15, 0.2) is 42.2 Å². The average Bonchev–Trinajstić information content (AvgIpc) is 2.90. The molecule has 0 bridgehead atoms. The molecule has 1 aliphatic rings. The van der Waals surface area contributed by atoms with Gasteiger partial charge in [-0.1, -0.05) is 12.1 Å². The lowest BCUT2D eigenvalue weighted by molar-refractivity contribution is 0.101. The molecule has 0 saturated heterocycles. The van der Waals surface area contributed by atoms with E-state index in [1.54, 1.807) is 25.3 Å². The predicted molar refractivity (Wildman–Crippen MR) is 85.5 cm³/mol. The maximum atomic E-state index is 12.5. The van der Waals surface area contributed by atoms with Gasteiger partial charge in [0.05, 0.1) is 26.9 Å². The zero-order valence-corrected chi connectivity index (χ0v) is 13.1. The number of benzene rings is 2. The van der Waals surface area contributed by atoms with Gasteiger partial charge in [-0.15, -0.1) is 0 Å². The van der Waals surface area contributed by atoms with Gasteiger partial charge in [-0.25, -0.2) is 0 Å². The van der Waals surface area contributed by atoms with Crippen molar-refractivity contribution in [2.45, 2.75) is 0 Å². The van der Waals surface area contributed by atoms with E-state index in [1.807, 2.05) is 24.3 Å². The smallest absolute Gasteiger partial charge is 0.232 e. The van der Waals surface area contributed by atoms with E-state index in [9.17, 15) is 4.79 Å². The van der Waals surface area contributed by atoms with Crippen LogP contribution in [0.25, 0.3) is 6.08 Å². The highest BCUT2D eigenvalue weighted by Crippen LogP contribution is 2.45. The Labute approximate surface area is 134 Å². The quantitative estimate of drug-likeness (QED) is 0.811. The number of carbonyl (C=O) groups excluding carboxylic acids is 1. The maximum Gasteiger partial charge on any atom is 0.232 e. The number of hydrogen-bond donors (Lipinski definition) is 0. The van der Waals surface area contributed by atoms with E-state index in [2.05, 4.69) is 0 Å². The highest BCUT2D eigenvalue weighted by molar-refractivity contribution is 6.15. The van der Waals surface area contributed by atoms with Crippen molar-refractivity contribution in [2.24, 2.45) is 0 Å². The fourth-order valence-electron chi connectivity index (χ4n) is 2.41. The summed E-state index contributed by atoms with van der Waals surface area (Å²) in [5.41, 5.74) is 1.30. The number of ether oxygens (including phenoxy) is 4. The van der Waals surface area contributed by atoms with Gasteiger partial charge in [-0.3, -0.25) is 4.79 Å². The lowest BCUT2D eigenvalue weighted by atomic mass is 10.1. The number of rotatable bonds is 4. The highest BCUT2D eigenvalue weighted by Gasteiger charge is 2.32. The van der Waals surface area contributed by atoms with Crippen LogP contribution in [0.5, 0.6) is 23.0 Å². The Balaban J connectivity index is 1.98. The molecule has 0 saturated carbocycles. The number of ketones is 1. The Hall–Kier alpha value is -2.95. The van der Waals surface area contributed by atoms with Crippen molar-refractivity contribution < 1.29 is 23.7 Å². The summed E-state index contributed by atoms with van der Waals surface area (Å²) in [6.07, 6.45) is 1.69. The first-order valence-electron chi connectivity index (χ1n) is 7.01. The van der Waals surface area contributed by atoms with Crippen LogP contribution in [-0.2, 0) is 0 Å². The molecule has 0 fully saturated rings. The van der Waals surface area contributed by atoms with Crippen LogP contribution in [0.2, 0.25) is 0 Å². The molecular weight excluding hydrogens is 296 g/mol. The van der Waals surface area contributed by atoms with Crippen molar-refractivity contribution in [1.29, 1.82) is 0 Å². The first-order chi connectivity index (χ1) is 11.2. The number of hydrogen-bond acceptors (Lipinski definition) is 5. The highest BCUT2D eigenvalue weighted by atomic mass is 16.5. The summed E-state index contributed by atoms with van der Waals surface area (Å²) in [7, 11) is 4.65. The third-order valence-electron chi connectivity index (χ3n) is 3.59. The van der Waals surface area contributed by atoms with Crippen LogP contribution >= 0.6 is 0 Å². The van der Waals surface area contributed by atoms with Gasteiger partial charge in [0.15, 0.2) is 17.3 Å². The second kappa shape index (κ2) is 6.04. The van der Waals surface area contributed by atoms with Crippen LogP contribution in [0, 0.1) is 0 Å². The topological polar surface area (TPSA) is 54.0 Å². The summed E-state index contributed by atoms with van der Waals surface area (Å²) in [5, 5.41) is 0. The number of methoxy groups -OCH3 is 3. The monoisotopic (exact) mass is 312 g/mol. The molecule has 0 aliphatic carbocycles. The van der Waals surface area contributed by atoms with E-state index in [0.717, 1.165) is 11.3 Å². The minimum Gasteiger partial charge on any atom is -0.497 e. The summed E-state index contributed by atoms with van der Waals surface area (Å²) in [6.45, 7) is 0. The fraction of sp³-hybridized carbons (Fsp3) is 0.167. The van der Waals surface area contributed by atoms with Crippen molar-refractivity contribution in [3.63, 3.8) is 0 Å². The van der Waals surface area contributed by atoms with Crippen molar-refractivity contribution in [1.82, 2.24) is 0 Å². The fourth-order valence-corrected chi connectivity index (χ4v) is 2.41. The Morgan fingerprint density at radius 2 is 1.65 bits per heavy atom. The van der Waals surface area contributed by atoms with E-state index in [-0.39, 0.29) is 11.5 Å². The molecule has 0 atom stereocenters. The third kappa shape index (κ3) is 2.61. The molecule has 0 spiro atoms. The Kier molecular flexibility index (Phi) is 3.93. The molecule has 2 aromatic rings. The van der Waals surface area contributed by atoms with Gasteiger partial charge in [0, 0.05) is 0 Å². The summed E-state index contributed by atoms with van der Waals surface area (Å²) in [6, 6.07) is 10.7. The molecule has 118 valence electrons. The van der Waals surface area contributed by atoms with Gasteiger partial charge in [-0.2, -0.15) is 0 Å². The zero-order valence-electron chi connectivity index (χ0n) is 13.1. The van der Waals surface area contributed by atoms with Crippen molar-refractivity contribution in [2.75, 3.05) is 21.3 Å². The lowest BCUT2D eigenvalue weighted by Crippen LogP contribution is -1.97. The molecule has 1 aliphatic heterocycles. The summed E-state index contributed by atoms with van der Waals surface area (Å²) < 4.78 is 21.4. The molecule has 5 heteroatoms. The number of allylic oxidation sites excluding steroid dienone is 1. The molecule has 5 nitrogen and oxygen atoms in total. The Morgan fingerprint density at radius 3 is 2.26 bits per heavy atom.